The van der Waals surface area contributed by atoms with Gasteiger partial charge in [0.05, 0.1) is 29.5 Å². The molecule has 4 heteroatoms. The standard InChI is InChI=1S/C14H21ClN2O/c1-10(16)11-4-5-13(12(15)8-11)17-6-7-18-9-14(17,2)3/h4-5,8,10H,6-7,9,16H2,1-3H3/t10-/m0/s1. The van der Waals surface area contributed by atoms with E-state index in [1.165, 1.54) is 0 Å². The largest absolute Gasteiger partial charge is 0.377 e. The Labute approximate surface area is 114 Å². The number of hydrogen-bond donors (Lipinski definition) is 1. The summed E-state index contributed by atoms with van der Waals surface area (Å²) in [4.78, 5) is 2.31. The molecule has 0 saturated carbocycles. The summed E-state index contributed by atoms with van der Waals surface area (Å²) >= 11 is 6.40. The Bertz CT molecular complexity index is 432. The van der Waals surface area contributed by atoms with Crippen LogP contribution in [-0.2, 0) is 4.74 Å². The minimum atomic E-state index is -0.0300. The lowest BCUT2D eigenvalue weighted by molar-refractivity contribution is 0.0644. The molecule has 1 aliphatic rings. The third-order valence-corrected chi connectivity index (χ3v) is 3.74. The van der Waals surface area contributed by atoms with E-state index < -0.39 is 0 Å². The topological polar surface area (TPSA) is 38.5 Å². The van der Waals surface area contributed by atoms with Crippen LogP contribution < -0.4 is 10.6 Å². The number of halogens is 1. The molecule has 3 nitrogen and oxygen atoms in total. The Morgan fingerprint density at radius 3 is 2.72 bits per heavy atom. The van der Waals surface area contributed by atoms with Crippen molar-refractivity contribution in [2.24, 2.45) is 5.73 Å². The first-order chi connectivity index (χ1) is 8.42. The number of benzene rings is 1. The first-order valence-electron chi connectivity index (χ1n) is 6.32. The van der Waals surface area contributed by atoms with Crippen molar-refractivity contribution < 1.29 is 4.74 Å². The van der Waals surface area contributed by atoms with Crippen molar-refractivity contribution in [3.05, 3.63) is 28.8 Å². The monoisotopic (exact) mass is 268 g/mol. The van der Waals surface area contributed by atoms with Gasteiger partial charge in [-0.05, 0) is 38.5 Å². The van der Waals surface area contributed by atoms with E-state index in [1.54, 1.807) is 0 Å². The summed E-state index contributed by atoms with van der Waals surface area (Å²) in [6, 6.07) is 6.09. The fourth-order valence-corrected chi connectivity index (χ4v) is 2.62. The normalized spacial score (nSPS) is 20.8. The van der Waals surface area contributed by atoms with Gasteiger partial charge in [-0.2, -0.15) is 0 Å². The minimum absolute atomic E-state index is 0.00856. The highest BCUT2D eigenvalue weighted by atomic mass is 35.5. The fraction of sp³-hybridized carbons (Fsp3) is 0.571. The minimum Gasteiger partial charge on any atom is -0.377 e. The van der Waals surface area contributed by atoms with Gasteiger partial charge in [0.25, 0.3) is 0 Å². The first kappa shape index (κ1) is 13.7. The van der Waals surface area contributed by atoms with E-state index >= 15 is 0 Å². The Balaban J connectivity index is 2.33. The number of nitrogens with zero attached hydrogens (tertiary/aromatic N) is 1. The van der Waals surface area contributed by atoms with Gasteiger partial charge in [0.15, 0.2) is 0 Å². The molecule has 0 amide bonds. The molecule has 1 aromatic rings. The number of ether oxygens (including phenoxy) is 1. The van der Waals surface area contributed by atoms with E-state index in [2.05, 4.69) is 30.9 Å². The average Bonchev–Trinajstić information content (AvgIpc) is 2.29. The second-order valence-electron chi connectivity index (χ2n) is 5.52. The predicted molar refractivity (Wildman–Crippen MR) is 76.3 cm³/mol. The van der Waals surface area contributed by atoms with Crippen molar-refractivity contribution in [3.63, 3.8) is 0 Å². The number of rotatable bonds is 2. The van der Waals surface area contributed by atoms with Gasteiger partial charge in [0, 0.05) is 12.6 Å². The van der Waals surface area contributed by atoms with Crippen LogP contribution in [-0.4, -0.2) is 25.3 Å². The number of nitrogens with two attached hydrogens (primary N) is 1. The maximum Gasteiger partial charge on any atom is 0.0694 e. The smallest absolute Gasteiger partial charge is 0.0694 e. The van der Waals surface area contributed by atoms with Crippen LogP contribution in [0.2, 0.25) is 5.02 Å². The Kier molecular flexibility index (Phi) is 3.85. The van der Waals surface area contributed by atoms with Crippen molar-refractivity contribution >= 4 is 17.3 Å². The van der Waals surface area contributed by atoms with E-state index in [1.807, 2.05) is 13.0 Å². The van der Waals surface area contributed by atoms with E-state index in [4.69, 9.17) is 22.1 Å². The molecule has 0 radical (unpaired) electrons. The SMILES string of the molecule is C[C@H](N)c1ccc(N2CCOCC2(C)C)c(Cl)c1. The van der Waals surface area contributed by atoms with Crippen molar-refractivity contribution in [2.75, 3.05) is 24.7 Å². The summed E-state index contributed by atoms with van der Waals surface area (Å²) in [5.41, 5.74) is 7.97. The van der Waals surface area contributed by atoms with E-state index in [9.17, 15) is 0 Å². The van der Waals surface area contributed by atoms with Crippen LogP contribution in [0.1, 0.15) is 32.4 Å². The maximum atomic E-state index is 6.40. The predicted octanol–water partition coefficient (Wildman–Crippen LogP) is 2.97. The second-order valence-corrected chi connectivity index (χ2v) is 5.92. The molecule has 0 aliphatic carbocycles. The molecule has 2 rings (SSSR count). The number of morpholine rings is 1. The lowest BCUT2D eigenvalue weighted by atomic mass is 10.0. The second kappa shape index (κ2) is 5.08. The van der Waals surface area contributed by atoms with Crippen LogP contribution in [0, 0.1) is 0 Å². The highest BCUT2D eigenvalue weighted by Crippen LogP contribution is 2.34. The summed E-state index contributed by atoms with van der Waals surface area (Å²) in [5, 5.41) is 0.764. The molecular formula is C14H21ClN2O. The Morgan fingerprint density at radius 2 is 2.17 bits per heavy atom. The molecule has 1 heterocycles. The van der Waals surface area contributed by atoms with Gasteiger partial charge in [-0.3, -0.25) is 0 Å². The van der Waals surface area contributed by atoms with Crippen molar-refractivity contribution in [3.8, 4) is 0 Å². The van der Waals surface area contributed by atoms with Gasteiger partial charge in [-0.15, -0.1) is 0 Å². The molecule has 0 spiro atoms. The maximum absolute atomic E-state index is 6.40. The summed E-state index contributed by atoms with van der Waals surface area (Å²) in [7, 11) is 0. The zero-order valence-electron chi connectivity index (χ0n) is 11.2. The Morgan fingerprint density at radius 1 is 1.44 bits per heavy atom. The molecule has 1 aromatic carbocycles. The molecule has 1 fully saturated rings. The van der Waals surface area contributed by atoms with Crippen molar-refractivity contribution in [1.29, 1.82) is 0 Å². The van der Waals surface area contributed by atoms with Gasteiger partial charge >= 0.3 is 0 Å². The number of hydrogen-bond acceptors (Lipinski definition) is 3. The van der Waals surface area contributed by atoms with Crippen LogP contribution in [0.3, 0.4) is 0 Å². The summed E-state index contributed by atoms with van der Waals surface area (Å²) in [5.74, 6) is 0. The van der Waals surface area contributed by atoms with Crippen molar-refractivity contribution in [1.82, 2.24) is 0 Å². The molecule has 18 heavy (non-hydrogen) atoms. The van der Waals surface area contributed by atoms with Crippen LogP contribution in [0.5, 0.6) is 0 Å². The highest BCUT2D eigenvalue weighted by Gasteiger charge is 2.31. The Hall–Kier alpha value is -0.770. The molecule has 100 valence electrons. The third kappa shape index (κ3) is 2.63. The summed E-state index contributed by atoms with van der Waals surface area (Å²) in [6.07, 6.45) is 0. The van der Waals surface area contributed by atoms with Gasteiger partial charge in [-0.25, -0.2) is 0 Å². The molecular weight excluding hydrogens is 248 g/mol. The molecule has 0 aromatic heterocycles. The van der Waals surface area contributed by atoms with E-state index in [0.717, 1.165) is 36.0 Å². The summed E-state index contributed by atoms with van der Waals surface area (Å²) in [6.45, 7) is 8.63. The average molecular weight is 269 g/mol. The fourth-order valence-electron chi connectivity index (χ4n) is 2.33. The highest BCUT2D eigenvalue weighted by molar-refractivity contribution is 6.33. The van der Waals surface area contributed by atoms with Gasteiger partial charge in [0.1, 0.15) is 0 Å². The molecule has 1 atom stereocenters. The lowest BCUT2D eigenvalue weighted by Crippen LogP contribution is -2.53. The first-order valence-corrected chi connectivity index (χ1v) is 6.70. The quantitative estimate of drug-likeness (QED) is 0.896. The van der Waals surface area contributed by atoms with E-state index in [0.29, 0.717) is 0 Å². The molecule has 1 saturated heterocycles. The van der Waals surface area contributed by atoms with Crippen LogP contribution >= 0.6 is 11.6 Å². The van der Waals surface area contributed by atoms with Gasteiger partial charge < -0.3 is 15.4 Å². The summed E-state index contributed by atoms with van der Waals surface area (Å²) < 4.78 is 5.53. The lowest BCUT2D eigenvalue weighted by Gasteiger charge is -2.44. The number of anilines is 1. The molecule has 0 bridgehead atoms. The van der Waals surface area contributed by atoms with Gasteiger partial charge in [-0.1, -0.05) is 17.7 Å². The van der Waals surface area contributed by atoms with Crippen molar-refractivity contribution in [2.45, 2.75) is 32.4 Å². The van der Waals surface area contributed by atoms with Crippen LogP contribution in [0.25, 0.3) is 0 Å². The van der Waals surface area contributed by atoms with Gasteiger partial charge in [0.2, 0.25) is 0 Å². The molecule has 0 unspecified atom stereocenters. The zero-order valence-corrected chi connectivity index (χ0v) is 12.0. The van der Waals surface area contributed by atoms with E-state index in [-0.39, 0.29) is 11.6 Å². The molecule has 2 N–H and O–H groups in total. The van der Waals surface area contributed by atoms with Crippen LogP contribution in [0.4, 0.5) is 5.69 Å². The molecule has 1 aliphatic heterocycles. The zero-order chi connectivity index (χ0) is 13.3. The van der Waals surface area contributed by atoms with Crippen LogP contribution in [0.15, 0.2) is 18.2 Å². The third-order valence-electron chi connectivity index (χ3n) is 3.43.